The molecule has 9 nitrogen and oxygen atoms in total. The van der Waals surface area contributed by atoms with E-state index in [0.29, 0.717) is 17.4 Å². The quantitative estimate of drug-likeness (QED) is 0.0195. The predicted molar refractivity (Wildman–Crippen MR) is 292 cm³/mol. The van der Waals surface area contributed by atoms with Crippen molar-refractivity contribution in [3.8, 4) is 0 Å². The summed E-state index contributed by atoms with van der Waals surface area (Å²) in [5.74, 6) is -2.28. The Morgan fingerprint density at radius 1 is 0.443 bits per heavy atom. The summed E-state index contributed by atoms with van der Waals surface area (Å²) in [6.45, 7) is 4.58. The van der Waals surface area contributed by atoms with Crippen LogP contribution in [0.3, 0.4) is 0 Å². The van der Waals surface area contributed by atoms with E-state index in [1.165, 1.54) is 167 Å². The third-order valence-electron chi connectivity index (χ3n) is 12.8. The Hall–Kier alpha value is -2.75. The Balaban J connectivity index is 3.79. The standard InChI is InChI=1S/C61H111NO8/c1-6-8-10-12-14-15-16-17-18-19-20-21-22-23-24-25-26-27-28-29-30-31-32-33-34-35-36-37-38-39-40-41-42-43-44-45-46-48-50-52-59(64)70-57(55-68-58(63)51-49-47-13-11-9-7-2)56-69-61(60(65)66)67-54-53-62(3,4)5/h8,10,14-15,17-18,20-21,57,61H,6-7,9,11-13,16,19,22-56H2,1-5H3/b10-8-,15-14-,18-17-,21-20-. The highest BCUT2D eigenvalue weighted by atomic mass is 16.7. The number of likely N-dealkylation sites (N-methyl/N-ethyl adjacent to an activating group) is 1. The number of ether oxygens (including phenoxy) is 4. The molecule has 0 bridgehead atoms. The minimum absolute atomic E-state index is 0.150. The lowest BCUT2D eigenvalue weighted by atomic mass is 10.0. The van der Waals surface area contributed by atoms with Gasteiger partial charge in [0.2, 0.25) is 0 Å². The molecular weight excluding hydrogens is 875 g/mol. The fraction of sp³-hybridized carbons (Fsp3) is 0.820. The van der Waals surface area contributed by atoms with Gasteiger partial charge in [-0.2, -0.15) is 0 Å². The second kappa shape index (κ2) is 52.6. The number of unbranched alkanes of at least 4 members (excludes halogenated alkanes) is 31. The maximum Gasteiger partial charge on any atom is 0.306 e. The molecule has 0 spiro atoms. The second-order valence-corrected chi connectivity index (χ2v) is 20.9. The van der Waals surface area contributed by atoms with E-state index in [1.807, 2.05) is 21.1 Å². The highest BCUT2D eigenvalue weighted by molar-refractivity contribution is 5.70. The molecule has 0 fully saturated rings. The van der Waals surface area contributed by atoms with Gasteiger partial charge in [0.15, 0.2) is 12.4 Å². The Bertz CT molecular complexity index is 1290. The van der Waals surface area contributed by atoms with E-state index < -0.39 is 24.3 Å². The number of carboxylic acid groups (broad SMARTS) is 1. The molecule has 0 aromatic carbocycles. The number of hydrogen-bond acceptors (Lipinski definition) is 8. The highest BCUT2D eigenvalue weighted by Crippen LogP contribution is 2.17. The van der Waals surface area contributed by atoms with Crippen LogP contribution in [0.15, 0.2) is 48.6 Å². The van der Waals surface area contributed by atoms with Gasteiger partial charge in [-0.1, -0.05) is 249 Å². The van der Waals surface area contributed by atoms with Gasteiger partial charge in [0.05, 0.1) is 40.3 Å². The highest BCUT2D eigenvalue weighted by Gasteiger charge is 2.22. The van der Waals surface area contributed by atoms with Crippen LogP contribution in [0.25, 0.3) is 0 Å². The van der Waals surface area contributed by atoms with Crippen molar-refractivity contribution in [1.29, 1.82) is 0 Å². The van der Waals surface area contributed by atoms with Gasteiger partial charge in [0.1, 0.15) is 13.2 Å². The van der Waals surface area contributed by atoms with Gasteiger partial charge in [-0.05, 0) is 51.4 Å². The molecule has 70 heavy (non-hydrogen) atoms. The van der Waals surface area contributed by atoms with Crippen LogP contribution in [-0.2, 0) is 33.3 Å². The summed E-state index contributed by atoms with van der Waals surface area (Å²) >= 11 is 0. The zero-order valence-corrected chi connectivity index (χ0v) is 46.4. The molecule has 0 saturated heterocycles. The molecule has 0 aliphatic heterocycles. The molecule has 2 unspecified atom stereocenters. The molecule has 9 heteroatoms. The Morgan fingerprint density at radius 3 is 1.21 bits per heavy atom. The third-order valence-corrected chi connectivity index (χ3v) is 12.8. The van der Waals surface area contributed by atoms with Crippen LogP contribution in [0.1, 0.15) is 264 Å². The monoisotopic (exact) mass is 986 g/mol. The van der Waals surface area contributed by atoms with Crippen molar-refractivity contribution in [2.24, 2.45) is 0 Å². The van der Waals surface area contributed by atoms with Crippen LogP contribution in [0, 0.1) is 0 Å². The van der Waals surface area contributed by atoms with Crippen molar-refractivity contribution in [2.45, 2.75) is 277 Å². The van der Waals surface area contributed by atoms with E-state index in [9.17, 15) is 19.5 Å². The van der Waals surface area contributed by atoms with Crippen molar-refractivity contribution < 1.29 is 42.9 Å². The molecule has 0 amide bonds. The molecule has 0 aromatic rings. The number of carbonyl (C=O) groups excluding carboxylic acids is 3. The van der Waals surface area contributed by atoms with Crippen LogP contribution in [0.4, 0.5) is 0 Å². The lowest BCUT2D eigenvalue weighted by Gasteiger charge is -2.26. The van der Waals surface area contributed by atoms with E-state index in [2.05, 4.69) is 62.5 Å². The Labute approximate surface area is 432 Å². The number of allylic oxidation sites excluding steroid dienone is 8. The van der Waals surface area contributed by atoms with Gasteiger partial charge >= 0.3 is 11.9 Å². The molecule has 2 atom stereocenters. The lowest BCUT2D eigenvalue weighted by molar-refractivity contribution is -0.870. The van der Waals surface area contributed by atoms with Crippen LogP contribution >= 0.6 is 0 Å². The van der Waals surface area contributed by atoms with Gasteiger partial charge in [0, 0.05) is 12.8 Å². The first-order chi connectivity index (χ1) is 34.1. The van der Waals surface area contributed by atoms with E-state index in [1.54, 1.807) is 0 Å². The second-order valence-electron chi connectivity index (χ2n) is 20.9. The molecule has 0 heterocycles. The fourth-order valence-electron chi connectivity index (χ4n) is 8.35. The number of quaternary nitrogens is 1. The Kier molecular flexibility index (Phi) is 50.5. The van der Waals surface area contributed by atoms with Gasteiger partial charge in [-0.15, -0.1) is 0 Å². The Morgan fingerprint density at radius 2 is 0.814 bits per heavy atom. The SMILES string of the molecule is CC/C=C\C/C=C\C/C=C\C/C=C\CCCCCCCCCCCCCCCCCCCCCCCCCCCCC(=O)OC(COC(=O)CCCCCCCC)COC(OCC[N+](C)(C)C)C(=O)[O-]. The molecular formula is C61H111NO8. The smallest absolute Gasteiger partial charge is 0.306 e. The summed E-state index contributed by atoms with van der Waals surface area (Å²) in [4.78, 5) is 36.9. The van der Waals surface area contributed by atoms with Gasteiger partial charge < -0.3 is 33.3 Å². The average Bonchev–Trinajstić information content (AvgIpc) is 3.33. The largest absolute Gasteiger partial charge is 0.545 e. The van der Waals surface area contributed by atoms with Gasteiger partial charge in [-0.25, -0.2) is 0 Å². The van der Waals surface area contributed by atoms with Crippen LogP contribution in [0.5, 0.6) is 0 Å². The first-order valence-corrected chi connectivity index (χ1v) is 29.3. The molecule has 0 aliphatic rings. The predicted octanol–water partition coefficient (Wildman–Crippen LogP) is 15.7. The zero-order chi connectivity index (χ0) is 51.3. The third kappa shape index (κ3) is 53.1. The zero-order valence-electron chi connectivity index (χ0n) is 46.4. The van der Waals surface area contributed by atoms with E-state index >= 15 is 0 Å². The minimum Gasteiger partial charge on any atom is -0.545 e. The van der Waals surface area contributed by atoms with Gasteiger partial charge in [0.25, 0.3) is 0 Å². The van der Waals surface area contributed by atoms with Crippen molar-refractivity contribution in [2.75, 3.05) is 47.5 Å². The maximum atomic E-state index is 12.8. The van der Waals surface area contributed by atoms with Crippen molar-refractivity contribution in [3.05, 3.63) is 48.6 Å². The van der Waals surface area contributed by atoms with E-state index in [-0.39, 0.29) is 32.2 Å². The molecule has 0 saturated carbocycles. The normalized spacial score (nSPS) is 13.1. The molecule has 408 valence electrons. The van der Waals surface area contributed by atoms with Crippen molar-refractivity contribution >= 4 is 17.9 Å². The van der Waals surface area contributed by atoms with Crippen molar-refractivity contribution in [1.82, 2.24) is 0 Å². The fourth-order valence-corrected chi connectivity index (χ4v) is 8.35. The maximum absolute atomic E-state index is 12.8. The number of hydrogen-bond donors (Lipinski definition) is 0. The van der Waals surface area contributed by atoms with Crippen LogP contribution in [-0.4, -0.2) is 82.3 Å². The lowest BCUT2D eigenvalue weighted by Crippen LogP contribution is -2.44. The van der Waals surface area contributed by atoms with Crippen LogP contribution < -0.4 is 5.11 Å². The number of esters is 2. The summed E-state index contributed by atoms with van der Waals surface area (Å²) in [5.41, 5.74) is 0. The molecule has 0 radical (unpaired) electrons. The molecule has 0 aromatic heterocycles. The summed E-state index contributed by atoms with van der Waals surface area (Å²) in [7, 11) is 5.91. The number of rotatable bonds is 54. The van der Waals surface area contributed by atoms with Gasteiger partial charge in [-0.3, -0.25) is 9.59 Å². The van der Waals surface area contributed by atoms with E-state index in [4.69, 9.17) is 18.9 Å². The van der Waals surface area contributed by atoms with Crippen LogP contribution in [0.2, 0.25) is 0 Å². The summed E-state index contributed by atoms with van der Waals surface area (Å²) in [6, 6.07) is 0. The first kappa shape index (κ1) is 67.2. The molecule has 0 N–H and O–H groups in total. The topological polar surface area (TPSA) is 111 Å². The van der Waals surface area contributed by atoms with E-state index in [0.717, 1.165) is 70.6 Å². The summed E-state index contributed by atoms with van der Waals surface area (Å²) in [5, 5.41) is 11.7. The summed E-state index contributed by atoms with van der Waals surface area (Å²) < 4.78 is 22.5. The number of carbonyl (C=O) groups is 3. The first-order valence-electron chi connectivity index (χ1n) is 29.3. The number of carboxylic acids is 1. The summed E-state index contributed by atoms with van der Waals surface area (Å²) in [6.07, 6.45) is 62.4. The minimum atomic E-state index is -1.61. The molecule has 0 rings (SSSR count). The van der Waals surface area contributed by atoms with Crippen molar-refractivity contribution in [3.63, 3.8) is 0 Å². The number of aliphatic carboxylic acids is 1. The average molecular weight is 987 g/mol. The molecule has 0 aliphatic carbocycles. The number of nitrogens with zero attached hydrogens (tertiary/aromatic N) is 1.